The summed E-state index contributed by atoms with van der Waals surface area (Å²) in [5.74, 6) is 0.613. The van der Waals surface area contributed by atoms with Crippen LogP contribution in [0.3, 0.4) is 0 Å². The zero-order valence-corrected chi connectivity index (χ0v) is 10.9. The van der Waals surface area contributed by atoms with E-state index in [0.29, 0.717) is 34.7 Å². The number of benzene rings is 1. The number of hydrogen-bond donors (Lipinski definition) is 1. The van der Waals surface area contributed by atoms with Crippen molar-refractivity contribution in [1.82, 2.24) is 0 Å². The van der Waals surface area contributed by atoms with Gasteiger partial charge in [0.25, 0.3) is 0 Å². The van der Waals surface area contributed by atoms with E-state index in [1.165, 1.54) is 6.07 Å². The number of halogens is 2. The van der Waals surface area contributed by atoms with Gasteiger partial charge in [0.05, 0.1) is 5.39 Å². The maximum Gasteiger partial charge on any atom is 0.193 e. The number of rotatable bonds is 2. The topological polar surface area (TPSA) is 56.2 Å². The average Bonchev–Trinajstić information content (AvgIpc) is 2.22. The Bertz CT molecular complexity index is 593. The van der Waals surface area contributed by atoms with Crippen LogP contribution in [0, 0.1) is 6.92 Å². The first-order chi connectivity index (χ1) is 7.61. The van der Waals surface area contributed by atoms with E-state index >= 15 is 0 Å². The molecular weight excluding hydrogens is 261 g/mol. The Labute approximate surface area is 110 Å². The number of aryl methyl sites for hydroxylation is 1. The van der Waals surface area contributed by atoms with Crippen LogP contribution in [0.25, 0.3) is 11.0 Å². The van der Waals surface area contributed by atoms with Gasteiger partial charge in [-0.05, 0) is 31.2 Å². The fraction of sp³-hybridized carbons (Fsp3) is 0.250. The van der Waals surface area contributed by atoms with Gasteiger partial charge in [0.15, 0.2) is 5.43 Å². The molecule has 2 N–H and O–H groups in total. The van der Waals surface area contributed by atoms with Gasteiger partial charge in [-0.25, -0.2) is 0 Å². The van der Waals surface area contributed by atoms with Gasteiger partial charge in [0.1, 0.15) is 11.3 Å². The minimum absolute atomic E-state index is 0. The summed E-state index contributed by atoms with van der Waals surface area (Å²) in [6.45, 7) is 2.33. The Morgan fingerprint density at radius 1 is 1.35 bits per heavy atom. The quantitative estimate of drug-likeness (QED) is 0.916. The van der Waals surface area contributed by atoms with Crippen molar-refractivity contribution in [1.29, 1.82) is 0 Å². The standard InChI is InChI=1S/C12H12ClNO2.ClH/c1-7-4-12-9(6-10(7)13)11(15)5-8(16-12)2-3-14;/h4-6H,2-3,14H2,1H3;1H. The van der Waals surface area contributed by atoms with Gasteiger partial charge >= 0.3 is 0 Å². The van der Waals surface area contributed by atoms with Gasteiger partial charge in [-0.3, -0.25) is 4.79 Å². The highest BCUT2D eigenvalue weighted by Gasteiger charge is 2.07. The fourth-order valence-electron chi connectivity index (χ4n) is 1.59. The van der Waals surface area contributed by atoms with Gasteiger partial charge in [-0.2, -0.15) is 0 Å². The number of fused-ring (bicyclic) bond motifs is 1. The third-order valence-electron chi connectivity index (χ3n) is 2.45. The van der Waals surface area contributed by atoms with Gasteiger partial charge < -0.3 is 10.2 Å². The largest absolute Gasteiger partial charge is 0.461 e. The Balaban J connectivity index is 0.00000144. The van der Waals surface area contributed by atoms with Crippen LogP contribution in [-0.2, 0) is 6.42 Å². The van der Waals surface area contributed by atoms with E-state index in [4.69, 9.17) is 21.8 Å². The van der Waals surface area contributed by atoms with E-state index in [9.17, 15) is 4.79 Å². The highest BCUT2D eigenvalue weighted by Crippen LogP contribution is 2.22. The molecule has 0 fully saturated rings. The molecule has 0 aliphatic heterocycles. The first kappa shape index (κ1) is 14.0. The summed E-state index contributed by atoms with van der Waals surface area (Å²) < 4.78 is 5.58. The zero-order valence-electron chi connectivity index (χ0n) is 9.33. The summed E-state index contributed by atoms with van der Waals surface area (Å²) in [4.78, 5) is 11.8. The van der Waals surface area contributed by atoms with Crippen molar-refractivity contribution in [2.75, 3.05) is 6.54 Å². The fourth-order valence-corrected chi connectivity index (χ4v) is 1.76. The van der Waals surface area contributed by atoms with E-state index in [2.05, 4.69) is 0 Å². The van der Waals surface area contributed by atoms with Gasteiger partial charge in [-0.1, -0.05) is 11.6 Å². The first-order valence-corrected chi connectivity index (χ1v) is 5.42. The summed E-state index contributed by atoms with van der Waals surface area (Å²) in [5, 5.41) is 1.09. The Kier molecular flexibility index (Phi) is 4.57. The van der Waals surface area contributed by atoms with Crippen LogP contribution in [0.2, 0.25) is 5.02 Å². The lowest BCUT2D eigenvalue weighted by atomic mass is 10.1. The monoisotopic (exact) mass is 273 g/mol. The normalized spacial score (nSPS) is 10.3. The maximum atomic E-state index is 11.8. The molecule has 2 rings (SSSR count). The molecule has 0 aliphatic rings. The molecule has 0 aliphatic carbocycles. The molecule has 0 spiro atoms. The average molecular weight is 274 g/mol. The van der Waals surface area contributed by atoms with Gasteiger partial charge in [0.2, 0.25) is 0 Å². The predicted octanol–water partition coefficient (Wildman–Crippen LogP) is 2.68. The summed E-state index contributed by atoms with van der Waals surface area (Å²) in [5.41, 5.74) is 6.81. The molecule has 2 aromatic rings. The van der Waals surface area contributed by atoms with Crippen molar-refractivity contribution in [3.63, 3.8) is 0 Å². The Hall–Kier alpha value is -1.03. The van der Waals surface area contributed by atoms with Crippen molar-refractivity contribution in [3.8, 4) is 0 Å². The van der Waals surface area contributed by atoms with Crippen LogP contribution in [0.4, 0.5) is 0 Å². The van der Waals surface area contributed by atoms with E-state index in [1.54, 1.807) is 12.1 Å². The second-order valence-electron chi connectivity index (χ2n) is 3.71. The molecular formula is C12H13Cl2NO2. The van der Waals surface area contributed by atoms with E-state index < -0.39 is 0 Å². The molecule has 17 heavy (non-hydrogen) atoms. The third-order valence-corrected chi connectivity index (χ3v) is 2.86. The second-order valence-corrected chi connectivity index (χ2v) is 4.12. The number of nitrogens with two attached hydrogens (primary N) is 1. The minimum atomic E-state index is -0.0772. The lowest BCUT2D eigenvalue weighted by Crippen LogP contribution is -2.07. The molecule has 3 nitrogen and oxygen atoms in total. The van der Waals surface area contributed by atoms with E-state index in [-0.39, 0.29) is 17.8 Å². The predicted molar refractivity (Wildman–Crippen MR) is 72.2 cm³/mol. The Morgan fingerprint density at radius 2 is 2.06 bits per heavy atom. The summed E-state index contributed by atoms with van der Waals surface area (Å²) in [6.07, 6.45) is 0.562. The molecule has 0 radical (unpaired) electrons. The first-order valence-electron chi connectivity index (χ1n) is 5.05. The van der Waals surface area contributed by atoms with E-state index in [1.807, 2.05) is 6.92 Å². The molecule has 0 saturated carbocycles. The third kappa shape index (κ3) is 2.80. The van der Waals surface area contributed by atoms with Crippen molar-refractivity contribution in [2.24, 2.45) is 5.73 Å². The minimum Gasteiger partial charge on any atom is -0.461 e. The lowest BCUT2D eigenvalue weighted by molar-refractivity contribution is 0.537. The molecule has 0 unspecified atom stereocenters. The molecule has 1 aromatic carbocycles. The molecule has 1 aromatic heterocycles. The molecule has 0 atom stereocenters. The molecule has 0 bridgehead atoms. The number of hydrogen-bond acceptors (Lipinski definition) is 3. The van der Waals surface area contributed by atoms with Crippen LogP contribution in [0.1, 0.15) is 11.3 Å². The van der Waals surface area contributed by atoms with Crippen molar-refractivity contribution in [3.05, 3.63) is 44.8 Å². The molecule has 0 amide bonds. The Morgan fingerprint density at radius 3 is 2.71 bits per heavy atom. The highest BCUT2D eigenvalue weighted by molar-refractivity contribution is 6.32. The molecule has 92 valence electrons. The molecule has 0 saturated heterocycles. The van der Waals surface area contributed by atoms with Crippen LogP contribution >= 0.6 is 24.0 Å². The SMILES string of the molecule is Cc1cc2oc(CCN)cc(=O)c2cc1Cl.Cl. The van der Waals surface area contributed by atoms with Crippen molar-refractivity contribution >= 4 is 35.0 Å². The van der Waals surface area contributed by atoms with Crippen LogP contribution < -0.4 is 11.2 Å². The highest BCUT2D eigenvalue weighted by atomic mass is 35.5. The van der Waals surface area contributed by atoms with Crippen LogP contribution in [0.5, 0.6) is 0 Å². The van der Waals surface area contributed by atoms with Gasteiger partial charge in [-0.15, -0.1) is 12.4 Å². The van der Waals surface area contributed by atoms with Crippen molar-refractivity contribution < 1.29 is 4.42 Å². The summed E-state index contributed by atoms with van der Waals surface area (Å²) in [6, 6.07) is 4.89. The lowest BCUT2D eigenvalue weighted by Gasteiger charge is -2.03. The second kappa shape index (κ2) is 5.54. The maximum absolute atomic E-state index is 11.8. The van der Waals surface area contributed by atoms with Crippen molar-refractivity contribution in [2.45, 2.75) is 13.3 Å². The smallest absolute Gasteiger partial charge is 0.193 e. The van der Waals surface area contributed by atoms with E-state index in [0.717, 1.165) is 5.56 Å². The zero-order chi connectivity index (χ0) is 11.7. The molecule has 1 heterocycles. The van der Waals surface area contributed by atoms with Gasteiger partial charge in [0, 0.05) is 17.5 Å². The molecule has 5 heteroatoms. The van der Waals surface area contributed by atoms with Crippen LogP contribution in [-0.4, -0.2) is 6.54 Å². The van der Waals surface area contributed by atoms with Crippen LogP contribution in [0.15, 0.2) is 27.4 Å². The summed E-state index contributed by atoms with van der Waals surface area (Å²) in [7, 11) is 0. The summed E-state index contributed by atoms with van der Waals surface area (Å²) >= 11 is 5.96.